The Morgan fingerprint density at radius 3 is 2.82 bits per heavy atom. The first-order valence-corrected chi connectivity index (χ1v) is 5.68. The highest BCUT2D eigenvalue weighted by molar-refractivity contribution is 5.60. The minimum Gasteiger partial charge on any atom is -0.383 e. The Bertz CT molecular complexity index is 401. The van der Waals surface area contributed by atoms with E-state index in [0.29, 0.717) is 13.0 Å². The number of hydrogen-bond donors (Lipinski definition) is 2. The van der Waals surface area contributed by atoms with Gasteiger partial charge >= 0.3 is 6.18 Å². The molecule has 1 aliphatic rings. The van der Waals surface area contributed by atoms with Crippen LogP contribution in [0, 0.1) is 0 Å². The summed E-state index contributed by atoms with van der Waals surface area (Å²) in [5, 5.41) is 6.13. The second-order valence-corrected chi connectivity index (χ2v) is 4.18. The molecule has 94 valence electrons. The lowest BCUT2D eigenvalue weighted by Gasteiger charge is -2.28. The van der Waals surface area contributed by atoms with Crippen LogP contribution in [0.4, 0.5) is 18.9 Å². The van der Waals surface area contributed by atoms with Gasteiger partial charge in [-0.15, -0.1) is 0 Å². The van der Waals surface area contributed by atoms with Crippen LogP contribution in [0.15, 0.2) is 18.2 Å². The molecule has 0 fully saturated rings. The monoisotopic (exact) mass is 244 g/mol. The molecule has 1 atom stereocenters. The smallest absolute Gasteiger partial charge is 0.383 e. The van der Waals surface area contributed by atoms with Crippen molar-refractivity contribution in [3.63, 3.8) is 0 Å². The molecule has 0 radical (unpaired) electrons. The molecule has 1 heterocycles. The topological polar surface area (TPSA) is 24.1 Å². The van der Waals surface area contributed by atoms with Crippen molar-refractivity contribution < 1.29 is 13.2 Å². The summed E-state index contributed by atoms with van der Waals surface area (Å²) in [4.78, 5) is 0. The summed E-state index contributed by atoms with van der Waals surface area (Å²) in [5.41, 5.74) is 0.413. The number of alkyl halides is 3. The number of anilines is 1. The van der Waals surface area contributed by atoms with Gasteiger partial charge < -0.3 is 10.6 Å². The van der Waals surface area contributed by atoms with Crippen molar-refractivity contribution in [1.29, 1.82) is 0 Å². The van der Waals surface area contributed by atoms with E-state index in [1.165, 1.54) is 6.07 Å². The summed E-state index contributed by atoms with van der Waals surface area (Å²) in [6, 6.07) is 4.55. The predicted octanol–water partition coefficient (Wildman–Crippen LogP) is 2.65. The molecule has 2 N–H and O–H groups in total. The molecule has 0 saturated carbocycles. The lowest BCUT2D eigenvalue weighted by Crippen LogP contribution is -2.40. The van der Waals surface area contributed by atoms with Crippen molar-refractivity contribution >= 4 is 5.69 Å². The van der Waals surface area contributed by atoms with Crippen molar-refractivity contribution in [2.45, 2.75) is 25.6 Å². The Morgan fingerprint density at radius 2 is 2.18 bits per heavy atom. The van der Waals surface area contributed by atoms with Crippen LogP contribution in [0.5, 0.6) is 0 Å². The summed E-state index contributed by atoms with van der Waals surface area (Å²) in [6.45, 7) is 3.34. The second-order valence-electron chi connectivity index (χ2n) is 4.18. The fourth-order valence-corrected chi connectivity index (χ4v) is 2.21. The molecule has 2 rings (SSSR count). The molecule has 0 aliphatic carbocycles. The van der Waals surface area contributed by atoms with Gasteiger partial charge in [-0.3, -0.25) is 0 Å². The minimum absolute atomic E-state index is 0.205. The van der Waals surface area contributed by atoms with Gasteiger partial charge in [0.1, 0.15) is 0 Å². The zero-order chi connectivity index (χ0) is 12.5. The number of fused-ring (bicyclic) bond motifs is 1. The number of rotatable bonds is 2. The maximum absolute atomic E-state index is 12.8. The second kappa shape index (κ2) is 4.56. The van der Waals surface area contributed by atoms with Crippen LogP contribution < -0.4 is 10.6 Å². The maximum Gasteiger partial charge on any atom is 0.418 e. The van der Waals surface area contributed by atoms with Crippen molar-refractivity contribution in [2.24, 2.45) is 0 Å². The molecular weight excluding hydrogens is 229 g/mol. The maximum atomic E-state index is 12.8. The number of nitrogens with one attached hydrogen (secondary N) is 2. The third kappa shape index (κ3) is 2.54. The summed E-state index contributed by atoms with van der Waals surface area (Å²) < 4.78 is 38.3. The van der Waals surface area contributed by atoms with Gasteiger partial charge in [0.2, 0.25) is 0 Å². The van der Waals surface area contributed by atoms with Crippen LogP contribution >= 0.6 is 0 Å². The third-order valence-electron chi connectivity index (χ3n) is 2.94. The Balaban J connectivity index is 2.29. The zero-order valence-corrected chi connectivity index (χ0v) is 9.56. The van der Waals surface area contributed by atoms with Crippen LogP contribution in [0.3, 0.4) is 0 Å². The van der Waals surface area contributed by atoms with Crippen molar-refractivity contribution in [1.82, 2.24) is 5.32 Å². The fraction of sp³-hybridized carbons (Fsp3) is 0.500. The van der Waals surface area contributed by atoms with Crippen molar-refractivity contribution in [2.75, 3.05) is 18.4 Å². The Labute approximate surface area is 98.2 Å². The highest BCUT2D eigenvalue weighted by Crippen LogP contribution is 2.38. The highest BCUT2D eigenvalue weighted by Gasteiger charge is 2.35. The lowest BCUT2D eigenvalue weighted by atomic mass is 9.96. The van der Waals surface area contributed by atoms with E-state index in [0.717, 1.165) is 18.2 Å². The molecule has 0 amide bonds. The van der Waals surface area contributed by atoms with Gasteiger partial charge in [-0.05, 0) is 24.6 Å². The first-order valence-electron chi connectivity index (χ1n) is 5.68. The highest BCUT2D eigenvalue weighted by atomic mass is 19.4. The van der Waals surface area contributed by atoms with Crippen molar-refractivity contribution in [3.8, 4) is 0 Å². The molecule has 1 aromatic rings. The Morgan fingerprint density at radius 1 is 1.41 bits per heavy atom. The van der Waals surface area contributed by atoms with Gasteiger partial charge in [0.15, 0.2) is 0 Å². The molecule has 5 heteroatoms. The van der Waals surface area contributed by atoms with Crippen LogP contribution in [0.1, 0.15) is 18.1 Å². The van der Waals surface area contributed by atoms with Gasteiger partial charge in [-0.1, -0.05) is 19.1 Å². The summed E-state index contributed by atoms with van der Waals surface area (Å²) in [5.74, 6) is 0. The van der Waals surface area contributed by atoms with Crippen LogP contribution in [-0.2, 0) is 12.6 Å². The first kappa shape index (κ1) is 12.2. The summed E-state index contributed by atoms with van der Waals surface area (Å²) >= 11 is 0. The van der Waals surface area contributed by atoms with E-state index in [4.69, 9.17) is 0 Å². The largest absolute Gasteiger partial charge is 0.418 e. The molecule has 1 unspecified atom stereocenters. The van der Waals surface area contributed by atoms with Crippen molar-refractivity contribution in [3.05, 3.63) is 29.3 Å². The van der Waals surface area contributed by atoms with Gasteiger partial charge in [0.25, 0.3) is 0 Å². The van der Waals surface area contributed by atoms with E-state index in [1.807, 2.05) is 6.92 Å². The molecule has 1 aliphatic heterocycles. The molecule has 0 aromatic heterocycles. The van der Waals surface area contributed by atoms with E-state index in [9.17, 15) is 13.2 Å². The third-order valence-corrected chi connectivity index (χ3v) is 2.94. The Hall–Kier alpha value is -1.23. The van der Waals surface area contributed by atoms with E-state index < -0.39 is 11.7 Å². The van der Waals surface area contributed by atoms with Crippen LogP contribution in [0.25, 0.3) is 0 Å². The van der Waals surface area contributed by atoms with E-state index in [2.05, 4.69) is 10.6 Å². The van der Waals surface area contributed by atoms with Gasteiger partial charge in [-0.2, -0.15) is 13.2 Å². The van der Waals surface area contributed by atoms with Crippen LogP contribution in [-0.4, -0.2) is 19.1 Å². The van der Waals surface area contributed by atoms with E-state index >= 15 is 0 Å². The standard InChI is InChI=1S/C12H15F3N2/c1-2-16-9-6-8-4-3-5-10(12(13,14)15)11(8)17-7-9/h3-5,9,16-17H,2,6-7H2,1H3. The number of likely N-dealkylation sites (N-methyl/N-ethyl adjacent to an activating group) is 1. The van der Waals surface area contributed by atoms with Crippen LogP contribution in [0.2, 0.25) is 0 Å². The summed E-state index contributed by atoms with van der Waals surface area (Å²) in [7, 11) is 0. The van der Waals surface area contributed by atoms with Gasteiger partial charge in [0.05, 0.1) is 5.56 Å². The number of hydrogen-bond acceptors (Lipinski definition) is 2. The van der Waals surface area contributed by atoms with E-state index in [-0.39, 0.29) is 11.7 Å². The molecule has 0 spiro atoms. The molecule has 1 aromatic carbocycles. The molecule has 0 bridgehead atoms. The SMILES string of the molecule is CCNC1CNc2c(cccc2C(F)(F)F)C1. The number of halogens is 3. The molecule has 0 saturated heterocycles. The van der Waals surface area contributed by atoms with E-state index in [1.54, 1.807) is 6.07 Å². The average molecular weight is 244 g/mol. The quantitative estimate of drug-likeness (QED) is 0.835. The lowest BCUT2D eigenvalue weighted by molar-refractivity contribution is -0.137. The number of para-hydroxylation sites is 1. The normalized spacial score (nSPS) is 19.6. The first-order chi connectivity index (χ1) is 8.02. The number of benzene rings is 1. The fourth-order valence-electron chi connectivity index (χ4n) is 2.21. The molecular formula is C12H15F3N2. The van der Waals surface area contributed by atoms with Gasteiger partial charge in [-0.25, -0.2) is 0 Å². The Kier molecular flexibility index (Phi) is 3.28. The summed E-state index contributed by atoms with van der Waals surface area (Å²) in [6.07, 6.45) is -3.65. The zero-order valence-electron chi connectivity index (χ0n) is 9.56. The molecule has 17 heavy (non-hydrogen) atoms. The average Bonchev–Trinajstić information content (AvgIpc) is 2.27. The minimum atomic E-state index is -4.29. The predicted molar refractivity (Wildman–Crippen MR) is 61.1 cm³/mol. The van der Waals surface area contributed by atoms with Gasteiger partial charge in [0, 0.05) is 18.3 Å². The molecule has 2 nitrogen and oxygen atoms in total.